The molecule has 0 amide bonds. The first kappa shape index (κ1) is 11.7. The molecule has 4 nitrogen and oxygen atoms in total. The number of hydrogen-bond acceptors (Lipinski definition) is 4. The monoisotopic (exact) mass is 235 g/mol. The van der Waals surface area contributed by atoms with Crippen LogP contribution in [-0.2, 0) is 6.42 Å². The van der Waals surface area contributed by atoms with E-state index in [1.807, 2.05) is 7.05 Å². The molecule has 2 aromatic rings. The van der Waals surface area contributed by atoms with E-state index in [1.165, 1.54) is 6.07 Å². The summed E-state index contributed by atoms with van der Waals surface area (Å²) < 4.78 is 18.9. The summed E-state index contributed by atoms with van der Waals surface area (Å²) in [6.07, 6.45) is 1.61. The van der Waals surface area contributed by atoms with Crippen LogP contribution in [0.1, 0.15) is 12.3 Å². The van der Waals surface area contributed by atoms with E-state index in [2.05, 4.69) is 15.5 Å². The van der Waals surface area contributed by atoms with Crippen molar-refractivity contribution < 1.29 is 8.81 Å². The van der Waals surface area contributed by atoms with Crippen LogP contribution in [-0.4, -0.2) is 23.8 Å². The molecule has 0 radical (unpaired) electrons. The SMILES string of the molecule is CNCCCc1nnc(-c2ccccc2F)o1. The minimum absolute atomic E-state index is 0.238. The van der Waals surface area contributed by atoms with E-state index < -0.39 is 0 Å². The van der Waals surface area contributed by atoms with Crippen molar-refractivity contribution in [3.63, 3.8) is 0 Å². The van der Waals surface area contributed by atoms with E-state index in [1.54, 1.807) is 18.2 Å². The second kappa shape index (κ2) is 5.54. The fourth-order valence-electron chi connectivity index (χ4n) is 1.51. The lowest BCUT2D eigenvalue weighted by Crippen LogP contribution is -2.08. The summed E-state index contributed by atoms with van der Waals surface area (Å²) in [5, 5.41) is 10.8. The van der Waals surface area contributed by atoms with Crippen LogP contribution in [0, 0.1) is 5.82 Å². The molecule has 5 heteroatoms. The summed E-state index contributed by atoms with van der Waals surface area (Å²) in [4.78, 5) is 0. The molecule has 0 bridgehead atoms. The molecule has 0 saturated heterocycles. The zero-order valence-corrected chi connectivity index (χ0v) is 9.61. The first-order valence-corrected chi connectivity index (χ1v) is 5.53. The molecule has 17 heavy (non-hydrogen) atoms. The lowest BCUT2D eigenvalue weighted by atomic mass is 10.2. The Labute approximate surface area is 98.9 Å². The standard InChI is InChI=1S/C12H14FN3O/c1-14-8-4-7-11-15-16-12(17-11)9-5-2-3-6-10(9)13/h2-3,5-6,14H,4,7-8H2,1H3. The molecule has 1 aromatic carbocycles. The Balaban J connectivity index is 2.10. The number of nitrogens with zero attached hydrogens (tertiary/aromatic N) is 2. The van der Waals surface area contributed by atoms with Gasteiger partial charge in [0.25, 0.3) is 5.89 Å². The normalized spacial score (nSPS) is 10.7. The van der Waals surface area contributed by atoms with Crippen LogP contribution < -0.4 is 5.32 Å². The average molecular weight is 235 g/mol. The number of halogens is 1. The van der Waals surface area contributed by atoms with Crippen LogP contribution in [0.3, 0.4) is 0 Å². The van der Waals surface area contributed by atoms with Gasteiger partial charge in [-0.2, -0.15) is 0 Å². The maximum absolute atomic E-state index is 13.5. The molecule has 0 spiro atoms. The summed E-state index contributed by atoms with van der Waals surface area (Å²) >= 11 is 0. The van der Waals surface area contributed by atoms with Crippen molar-refractivity contribution in [2.45, 2.75) is 12.8 Å². The van der Waals surface area contributed by atoms with Gasteiger partial charge >= 0.3 is 0 Å². The summed E-state index contributed by atoms with van der Waals surface area (Å²) in [7, 11) is 1.89. The fourth-order valence-corrected chi connectivity index (χ4v) is 1.51. The minimum Gasteiger partial charge on any atom is -0.421 e. The summed E-state index contributed by atoms with van der Waals surface area (Å²) in [6, 6.07) is 6.37. The van der Waals surface area contributed by atoms with Crippen molar-refractivity contribution in [1.29, 1.82) is 0 Å². The third kappa shape index (κ3) is 2.88. The Bertz CT molecular complexity index is 484. The Morgan fingerprint density at radius 2 is 2.12 bits per heavy atom. The van der Waals surface area contributed by atoms with Crippen molar-refractivity contribution in [2.75, 3.05) is 13.6 Å². The zero-order valence-electron chi connectivity index (χ0n) is 9.61. The molecule has 1 N–H and O–H groups in total. The van der Waals surface area contributed by atoms with Crippen molar-refractivity contribution >= 4 is 0 Å². The van der Waals surface area contributed by atoms with Crippen LogP contribution in [0.2, 0.25) is 0 Å². The molecule has 0 saturated carbocycles. The Morgan fingerprint density at radius 1 is 1.29 bits per heavy atom. The third-order valence-electron chi connectivity index (χ3n) is 2.39. The smallest absolute Gasteiger partial charge is 0.250 e. The van der Waals surface area contributed by atoms with Crippen molar-refractivity contribution in [3.8, 4) is 11.5 Å². The van der Waals surface area contributed by atoms with Crippen LogP contribution in [0.25, 0.3) is 11.5 Å². The number of aromatic nitrogens is 2. The van der Waals surface area contributed by atoms with E-state index in [0.717, 1.165) is 13.0 Å². The van der Waals surface area contributed by atoms with Gasteiger partial charge in [-0.25, -0.2) is 4.39 Å². The fraction of sp³-hybridized carbons (Fsp3) is 0.333. The number of benzene rings is 1. The quantitative estimate of drug-likeness (QED) is 0.806. The predicted molar refractivity (Wildman–Crippen MR) is 61.9 cm³/mol. The Morgan fingerprint density at radius 3 is 2.88 bits per heavy atom. The maximum atomic E-state index is 13.5. The number of rotatable bonds is 5. The first-order valence-electron chi connectivity index (χ1n) is 5.53. The molecule has 0 atom stereocenters. The molecule has 2 rings (SSSR count). The van der Waals surface area contributed by atoms with Crippen molar-refractivity contribution in [2.24, 2.45) is 0 Å². The third-order valence-corrected chi connectivity index (χ3v) is 2.39. The van der Waals surface area contributed by atoms with Gasteiger partial charge in [0.1, 0.15) is 5.82 Å². The van der Waals surface area contributed by atoms with Crippen molar-refractivity contribution in [1.82, 2.24) is 15.5 Å². The average Bonchev–Trinajstić information content (AvgIpc) is 2.79. The van der Waals surface area contributed by atoms with Gasteiger partial charge in [-0.05, 0) is 32.1 Å². The molecule has 90 valence electrons. The largest absolute Gasteiger partial charge is 0.421 e. The van der Waals surface area contributed by atoms with Gasteiger partial charge in [-0.1, -0.05) is 12.1 Å². The molecule has 1 aromatic heterocycles. The minimum atomic E-state index is -0.349. The Kier molecular flexibility index (Phi) is 3.82. The molecular weight excluding hydrogens is 221 g/mol. The molecular formula is C12H14FN3O. The van der Waals surface area contributed by atoms with Gasteiger partial charge in [0.15, 0.2) is 0 Å². The predicted octanol–water partition coefficient (Wildman–Crippen LogP) is 2.03. The van der Waals surface area contributed by atoms with E-state index >= 15 is 0 Å². The van der Waals surface area contributed by atoms with Gasteiger partial charge in [-0.15, -0.1) is 10.2 Å². The number of nitrogens with one attached hydrogen (secondary N) is 1. The van der Waals surface area contributed by atoms with E-state index in [0.29, 0.717) is 17.9 Å². The highest BCUT2D eigenvalue weighted by Crippen LogP contribution is 2.21. The molecule has 0 unspecified atom stereocenters. The molecule has 1 heterocycles. The second-order valence-electron chi connectivity index (χ2n) is 3.69. The van der Waals surface area contributed by atoms with E-state index in [-0.39, 0.29) is 11.7 Å². The highest BCUT2D eigenvalue weighted by Gasteiger charge is 2.11. The van der Waals surface area contributed by atoms with E-state index in [9.17, 15) is 4.39 Å². The topological polar surface area (TPSA) is 51.0 Å². The van der Waals surface area contributed by atoms with Gasteiger partial charge < -0.3 is 9.73 Å². The summed E-state index contributed by atoms with van der Waals surface area (Å²) in [5.41, 5.74) is 0.347. The lowest BCUT2D eigenvalue weighted by Gasteiger charge is -1.96. The van der Waals surface area contributed by atoms with Crippen molar-refractivity contribution in [3.05, 3.63) is 36.0 Å². The Hall–Kier alpha value is -1.75. The van der Waals surface area contributed by atoms with Gasteiger partial charge in [-0.3, -0.25) is 0 Å². The number of aryl methyl sites for hydroxylation is 1. The molecule has 0 aliphatic carbocycles. The first-order chi connectivity index (χ1) is 8.31. The van der Waals surface area contributed by atoms with Crippen LogP contribution in [0.4, 0.5) is 4.39 Å². The molecule has 0 aliphatic rings. The van der Waals surface area contributed by atoms with Gasteiger partial charge in [0.2, 0.25) is 5.89 Å². The van der Waals surface area contributed by atoms with Gasteiger partial charge in [0.05, 0.1) is 5.56 Å². The molecule has 0 fully saturated rings. The second-order valence-corrected chi connectivity index (χ2v) is 3.69. The molecule has 0 aliphatic heterocycles. The van der Waals surface area contributed by atoms with Crippen LogP contribution >= 0.6 is 0 Å². The number of hydrogen-bond donors (Lipinski definition) is 1. The van der Waals surface area contributed by atoms with Crippen LogP contribution in [0.5, 0.6) is 0 Å². The summed E-state index contributed by atoms with van der Waals surface area (Å²) in [5.74, 6) is 0.430. The maximum Gasteiger partial charge on any atom is 0.250 e. The highest BCUT2D eigenvalue weighted by molar-refractivity contribution is 5.53. The van der Waals surface area contributed by atoms with E-state index in [4.69, 9.17) is 4.42 Å². The highest BCUT2D eigenvalue weighted by atomic mass is 19.1. The lowest BCUT2D eigenvalue weighted by molar-refractivity contribution is 0.491. The van der Waals surface area contributed by atoms with Gasteiger partial charge in [0, 0.05) is 6.42 Å². The summed E-state index contributed by atoms with van der Waals surface area (Å²) in [6.45, 7) is 0.886. The van der Waals surface area contributed by atoms with Crippen LogP contribution in [0.15, 0.2) is 28.7 Å². The zero-order chi connectivity index (χ0) is 12.1.